The second kappa shape index (κ2) is 10.2. The normalized spacial score (nSPS) is 23.2. The van der Waals surface area contributed by atoms with Gasteiger partial charge in [0.05, 0.1) is 6.61 Å². The molecule has 13 heteroatoms. The summed E-state index contributed by atoms with van der Waals surface area (Å²) in [5.41, 5.74) is -0.981. The van der Waals surface area contributed by atoms with Crippen LogP contribution in [0.2, 0.25) is 0 Å². The second-order valence-corrected chi connectivity index (χ2v) is 6.94. The van der Waals surface area contributed by atoms with Gasteiger partial charge in [-0.2, -0.15) is 0 Å². The van der Waals surface area contributed by atoms with Crippen LogP contribution in [-0.4, -0.2) is 71.6 Å². The molecule has 30 heavy (non-hydrogen) atoms. The van der Waals surface area contributed by atoms with Gasteiger partial charge < -0.3 is 29.2 Å². The number of rotatable bonds is 7. The topological polar surface area (TPSA) is 163 Å². The van der Waals surface area contributed by atoms with Crippen LogP contribution >= 0.6 is 11.8 Å². The number of carbonyl (C=O) groups excluding carboxylic acids is 4. The lowest BCUT2D eigenvalue weighted by Crippen LogP contribution is -2.59. The molecule has 0 spiro atoms. The number of hydrogen-bond acceptors (Lipinski definition) is 12. The molecule has 164 valence electrons. The maximum atomic E-state index is 12.1. The van der Waals surface area contributed by atoms with Gasteiger partial charge in [0.2, 0.25) is 0 Å². The van der Waals surface area contributed by atoms with Crippen molar-refractivity contribution in [1.29, 1.82) is 0 Å². The monoisotopic (exact) mass is 443 g/mol. The lowest BCUT2D eigenvalue weighted by molar-refractivity contribution is -0.221. The Kier molecular flexibility index (Phi) is 7.94. The molecule has 1 saturated heterocycles. The molecule has 0 amide bonds. The van der Waals surface area contributed by atoms with Gasteiger partial charge in [-0.15, -0.1) is 0 Å². The van der Waals surface area contributed by atoms with Crippen molar-refractivity contribution in [2.45, 2.75) is 50.5 Å². The van der Waals surface area contributed by atoms with Crippen LogP contribution in [0.4, 0.5) is 5.82 Å². The fraction of sp³-hybridized carbons (Fsp3) is 0.529. The zero-order valence-electron chi connectivity index (χ0n) is 16.6. The molecule has 0 unspecified atom stereocenters. The van der Waals surface area contributed by atoms with E-state index in [-0.39, 0.29) is 23.1 Å². The average Bonchev–Trinajstić information content (AvgIpc) is 2.64. The Morgan fingerprint density at radius 2 is 1.73 bits per heavy atom. The summed E-state index contributed by atoms with van der Waals surface area (Å²) in [6, 6.07) is 0. The first-order valence-corrected chi connectivity index (χ1v) is 9.92. The Morgan fingerprint density at radius 1 is 1.13 bits per heavy atom. The first-order chi connectivity index (χ1) is 14.2. The van der Waals surface area contributed by atoms with E-state index in [2.05, 4.69) is 15.3 Å². The van der Waals surface area contributed by atoms with E-state index < -0.39 is 48.0 Å². The number of anilines is 1. The fourth-order valence-corrected chi connectivity index (χ4v) is 3.15. The molecule has 0 bridgehead atoms. The molecular weight excluding hydrogens is 422 g/mol. The Hall–Kier alpha value is -2.93. The SMILES string of the molecule is CSc1nc(N[C@@H]2OC[C@@H](OC(C)=O)[C@H](OC(C)=O)[C@H]2OC(C)=O)c(C=O)c(=O)[nH]1. The molecule has 0 saturated carbocycles. The number of hydrogen-bond donors (Lipinski definition) is 2. The molecule has 1 aliphatic heterocycles. The Labute approximate surface area is 175 Å². The maximum absolute atomic E-state index is 12.1. The van der Waals surface area contributed by atoms with E-state index in [4.69, 9.17) is 18.9 Å². The summed E-state index contributed by atoms with van der Waals surface area (Å²) >= 11 is 1.13. The number of H-pyrrole nitrogens is 1. The van der Waals surface area contributed by atoms with E-state index in [9.17, 15) is 24.0 Å². The summed E-state index contributed by atoms with van der Waals surface area (Å²) in [6.07, 6.45) is -2.72. The van der Waals surface area contributed by atoms with Crippen molar-refractivity contribution in [3.8, 4) is 0 Å². The van der Waals surface area contributed by atoms with Crippen molar-refractivity contribution < 1.29 is 38.1 Å². The van der Waals surface area contributed by atoms with Crippen LogP contribution in [-0.2, 0) is 33.3 Å². The summed E-state index contributed by atoms with van der Waals surface area (Å²) in [6.45, 7) is 3.21. The van der Waals surface area contributed by atoms with Crippen LogP contribution in [0, 0.1) is 0 Å². The second-order valence-electron chi connectivity index (χ2n) is 6.15. The minimum absolute atomic E-state index is 0.118. The highest BCUT2D eigenvalue weighted by Gasteiger charge is 2.47. The molecule has 4 atom stereocenters. The van der Waals surface area contributed by atoms with Crippen LogP contribution in [0.1, 0.15) is 31.1 Å². The molecule has 1 aromatic rings. The molecular formula is C17H21N3O9S. The van der Waals surface area contributed by atoms with Gasteiger partial charge in [0.1, 0.15) is 11.4 Å². The van der Waals surface area contributed by atoms with Gasteiger partial charge in [0, 0.05) is 20.8 Å². The maximum Gasteiger partial charge on any atom is 0.303 e. The zero-order valence-corrected chi connectivity index (χ0v) is 17.4. The van der Waals surface area contributed by atoms with Gasteiger partial charge >= 0.3 is 17.9 Å². The minimum Gasteiger partial charge on any atom is -0.456 e. The van der Waals surface area contributed by atoms with E-state index >= 15 is 0 Å². The number of ether oxygens (including phenoxy) is 4. The predicted octanol–water partition coefficient (Wildman–Crippen LogP) is -0.132. The number of aldehydes is 1. The highest BCUT2D eigenvalue weighted by atomic mass is 32.2. The van der Waals surface area contributed by atoms with Gasteiger partial charge in [0.25, 0.3) is 5.56 Å². The first kappa shape index (κ1) is 23.3. The third-order valence-corrected chi connectivity index (χ3v) is 4.45. The molecule has 1 aliphatic rings. The van der Waals surface area contributed by atoms with Crippen molar-refractivity contribution in [3.63, 3.8) is 0 Å². The fourth-order valence-electron chi connectivity index (χ4n) is 2.78. The minimum atomic E-state index is -1.28. The van der Waals surface area contributed by atoms with Crippen molar-refractivity contribution in [2.75, 3.05) is 18.2 Å². The standard InChI is InChI=1S/C17H21N3O9S/c1-7(22)27-11-6-26-16(13(29-9(3)24)12(11)28-8(2)23)18-14-10(5-21)15(25)20-17(19-14)30-4/h5,11-13,16H,6H2,1-4H3,(H2,18,19,20,25)/t11-,12+,13-,16-/m1/s1. The van der Waals surface area contributed by atoms with E-state index in [0.29, 0.717) is 6.29 Å². The Bertz CT molecular complexity index is 888. The van der Waals surface area contributed by atoms with Crippen LogP contribution in [0.15, 0.2) is 9.95 Å². The number of aromatic amines is 1. The van der Waals surface area contributed by atoms with Crippen molar-refractivity contribution in [3.05, 3.63) is 15.9 Å². The first-order valence-electron chi connectivity index (χ1n) is 8.69. The van der Waals surface area contributed by atoms with Crippen LogP contribution in [0.5, 0.6) is 0 Å². The number of esters is 3. The highest BCUT2D eigenvalue weighted by Crippen LogP contribution is 2.26. The number of carbonyl (C=O) groups is 4. The van der Waals surface area contributed by atoms with Crippen LogP contribution in [0.3, 0.4) is 0 Å². The number of aromatic nitrogens is 2. The van der Waals surface area contributed by atoms with Crippen molar-refractivity contribution in [1.82, 2.24) is 9.97 Å². The zero-order chi connectivity index (χ0) is 22.4. The quantitative estimate of drug-likeness (QED) is 0.189. The van der Waals surface area contributed by atoms with Gasteiger partial charge in [0.15, 0.2) is 36.0 Å². The van der Waals surface area contributed by atoms with E-state index in [1.165, 1.54) is 0 Å². The average molecular weight is 443 g/mol. The summed E-state index contributed by atoms with van der Waals surface area (Å²) in [4.78, 5) is 64.7. The summed E-state index contributed by atoms with van der Waals surface area (Å²) < 4.78 is 21.2. The summed E-state index contributed by atoms with van der Waals surface area (Å²) in [7, 11) is 0. The molecule has 2 N–H and O–H groups in total. The number of nitrogens with zero attached hydrogens (tertiary/aromatic N) is 1. The van der Waals surface area contributed by atoms with Gasteiger partial charge in [-0.3, -0.25) is 24.0 Å². The molecule has 0 aliphatic carbocycles. The molecule has 2 rings (SSSR count). The third-order valence-electron chi connectivity index (χ3n) is 3.87. The molecule has 1 aromatic heterocycles. The Morgan fingerprint density at radius 3 is 2.27 bits per heavy atom. The molecule has 12 nitrogen and oxygen atoms in total. The Balaban J connectivity index is 2.43. The lowest BCUT2D eigenvalue weighted by atomic mass is 10.0. The van der Waals surface area contributed by atoms with Crippen LogP contribution < -0.4 is 10.9 Å². The number of nitrogens with one attached hydrogen (secondary N) is 2. The molecule has 0 radical (unpaired) electrons. The van der Waals surface area contributed by atoms with Crippen LogP contribution in [0.25, 0.3) is 0 Å². The van der Waals surface area contributed by atoms with E-state index in [0.717, 1.165) is 32.5 Å². The lowest BCUT2D eigenvalue weighted by Gasteiger charge is -2.40. The summed E-state index contributed by atoms with van der Waals surface area (Å²) in [5, 5.41) is 2.97. The highest BCUT2D eigenvalue weighted by molar-refractivity contribution is 7.98. The van der Waals surface area contributed by atoms with Gasteiger partial charge in [-0.1, -0.05) is 11.8 Å². The van der Waals surface area contributed by atoms with Crippen molar-refractivity contribution >= 4 is 41.8 Å². The van der Waals surface area contributed by atoms with Crippen molar-refractivity contribution in [2.24, 2.45) is 0 Å². The number of thioether (sulfide) groups is 1. The third kappa shape index (κ3) is 5.79. The predicted molar refractivity (Wildman–Crippen MR) is 102 cm³/mol. The smallest absolute Gasteiger partial charge is 0.303 e. The van der Waals surface area contributed by atoms with E-state index in [1.807, 2.05) is 0 Å². The largest absolute Gasteiger partial charge is 0.456 e. The van der Waals surface area contributed by atoms with Gasteiger partial charge in [-0.05, 0) is 6.26 Å². The molecule has 2 heterocycles. The molecule has 0 aromatic carbocycles. The van der Waals surface area contributed by atoms with Gasteiger partial charge in [-0.25, -0.2) is 4.98 Å². The summed E-state index contributed by atoms with van der Waals surface area (Å²) in [5.74, 6) is -2.21. The van der Waals surface area contributed by atoms with E-state index in [1.54, 1.807) is 6.26 Å². The molecule has 1 fully saturated rings.